The number of benzene rings is 1. The molecule has 0 fully saturated rings. The zero-order valence-electron chi connectivity index (χ0n) is 10.5. The van der Waals surface area contributed by atoms with E-state index in [-0.39, 0.29) is 16.3 Å². The predicted molar refractivity (Wildman–Crippen MR) is 83.0 cm³/mol. The zero-order chi connectivity index (χ0) is 15.1. The van der Waals surface area contributed by atoms with Crippen LogP contribution in [0.5, 0.6) is 0 Å². The first-order valence-corrected chi connectivity index (χ1v) is 7.06. The van der Waals surface area contributed by atoms with Crippen LogP contribution in [0.4, 0.5) is 10.1 Å². The molecular weight excluding hydrogens is 361 g/mol. The van der Waals surface area contributed by atoms with Gasteiger partial charge in [-0.25, -0.2) is 9.37 Å². The molecule has 4 nitrogen and oxygen atoms in total. The minimum Gasteiger partial charge on any atom is -0.396 e. The van der Waals surface area contributed by atoms with Gasteiger partial charge in [0.15, 0.2) is 11.6 Å². The molecule has 0 atom stereocenters. The summed E-state index contributed by atoms with van der Waals surface area (Å²) in [4.78, 5) is 19.6. The van der Waals surface area contributed by atoms with Crippen LogP contribution in [0.2, 0.25) is 5.02 Å². The van der Waals surface area contributed by atoms with Crippen LogP contribution in [0, 0.1) is 5.82 Å². The summed E-state index contributed by atoms with van der Waals surface area (Å²) in [7, 11) is 0. The summed E-state index contributed by atoms with van der Waals surface area (Å²) in [6, 6.07) is 4.26. The van der Waals surface area contributed by atoms with Crippen LogP contribution in [0.1, 0.15) is 15.9 Å². The first-order chi connectivity index (χ1) is 9.97. The molecule has 0 amide bonds. The number of nitrogen functional groups attached to an aromatic ring is 1. The fourth-order valence-electron chi connectivity index (χ4n) is 2.09. The topological polar surface area (TPSA) is 71.8 Å². The van der Waals surface area contributed by atoms with Gasteiger partial charge in [-0.3, -0.25) is 4.79 Å². The lowest BCUT2D eigenvalue weighted by molar-refractivity contribution is 0.103. The Labute approximate surface area is 132 Å². The van der Waals surface area contributed by atoms with Crippen molar-refractivity contribution in [1.82, 2.24) is 9.97 Å². The highest BCUT2D eigenvalue weighted by atomic mass is 79.9. The Morgan fingerprint density at radius 1 is 1.33 bits per heavy atom. The molecule has 0 aliphatic heterocycles. The highest BCUT2D eigenvalue weighted by molar-refractivity contribution is 9.10. The fourth-order valence-corrected chi connectivity index (χ4v) is 2.64. The molecule has 106 valence electrons. The molecule has 1 aromatic carbocycles. The zero-order valence-corrected chi connectivity index (χ0v) is 12.8. The summed E-state index contributed by atoms with van der Waals surface area (Å²) in [5.74, 6) is -1.28. The monoisotopic (exact) mass is 367 g/mol. The fraction of sp³-hybridized carbons (Fsp3) is 0. The van der Waals surface area contributed by atoms with E-state index in [1.54, 1.807) is 12.3 Å². The van der Waals surface area contributed by atoms with Crippen molar-refractivity contribution in [2.24, 2.45) is 0 Å². The summed E-state index contributed by atoms with van der Waals surface area (Å²) in [5.41, 5.74) is 6.03. The van der Waals surface area contributed by atoms with Crippen LogP contribution < -0.4 is 5.73 Å². The van der Waals surface area contributed by atoms with Crippen molar-refractivity contribution in [3.63, 3.8) is 0 Å². The third-order valence-corrected chi connectivity index (χ3v) is 3.70. The number of carbonyl (C=O) groups is 1. The Bertz CT molecular complexity index is 878. The molecule has 0 aliphatic carbocycles. The number of aromatic nitrogens is 2. The average Bonchev–Trinajstić information content (AvgIpc) is 2.85. The van der Waals surface area contributed by atoms with Gasteiger partial charge in [-0.1, -0.05) is 11.6 Å². The molecule has 0 bridgehead atoms. The number of aromatic amines is 1. The first-order valence-electron chi connectivity index (χ1n) is 5.89. The lowest BCUT2D eigenvalue weighted by Gasteiger charge is -2.05. The highest BCUT2D eigenvalue weighted by Gasteiger charge is 2.20. The maximum absolute atomic E-state index is 14.1. The van der Waals surface area contributed by atoms with Gasteiger partial charge in [0.25, 0.3) is 0 Å². The van der Waals surface area contributed by atoms with Crippen LogP contribution in [-0.4, -0.2) is 15.8 Å². The second-order valence-electron chi connectivity index (χ2n) is 4.44. The Morgan fingerprint density at radius 2 is 2.10 bits per heavy atom. The lowest BCUT2D eigenvalue weighted by Crippen LogP contribution is -2.06. The van der Waals surface area contributed by atoms with Gasteiger partial charge in [0, 0.05) is 32.8 Å². The van der Waals surface area contributed by atoms with E-state index in [4.69, 9.17) is 17.3 Å². The van der Waals surface area contributed by atoms with Gasteiger partial charge in [-0.2, -0.15) is 0 Å². The number of hydrogen-bond donors (Lipinski definition) is 2. The van der Waals surface area contributed by atoms with Crippen LogP contribution >= 0.6 is 27.5 Å². The maximum atomic E-state index is 14.1. The van der Waals surface area contributed by atoms with Crippen molar-refractivity contribution in [3.8, 4) is 0 Å². The van der Waals surface area contributed by atoms with Crippen molar-refractivity contribution in [3.05, 3.63) is 57.0 Å². The van der Waals surface area contributed by atoms with E-state index in [9.17, 15) is 9.18 Å². The molecule has 0 radical (unpaired) electrons. The van der Waals surface area contributed by atoms with Crippen molar-refractivity contribution in [1.29, 1.82) is 0 Å². The van der Waals surface area contributed by atoms with Gasteiger partial charge < -0.3 is 10.7 Å². The number of fused-ring (bicyclic) bond motifs is 1. The number of anilines is 1. The normalized spacial score (nSPS) is 11.0. The standard InChI is InChI=1S/C14H8BrClFN3O/c15-6-1-8-10(5-20-14(8)19-4-6)13(21)9-2-7(16)3-11(18)12(9)17/h1-5H,18H2,(H,19,20). The molecule has 0 saturated heterocycles. The summed E-state index contributed by atoms with van der Waals surface area (Å²) >= 11 is 9.14. The van der Waals surface area contributed by atoms with E-state index in [2.05, 4.69) is 25.9 Å². The summed E-state index contributed by atoms with van der Waals surface area (Å²) in [6.45, 7) is 0. The lowest BCUT2D eigenvalue weighted by atomic mass is 10.0. The van der Waals surface area contributed by atoms with Crippen molar-refractivity contribution in [2.75, 3.05) is 5.73 Å². The molecule has 0 aliphatic rings. The number of nitrogens with one attached hydrogen (secondary N) is 1. The van der Waals surface area contributed by atoms with E-state index in [1.165, 1.54) is 18.3 Å². The molecule has 0 spiro atoms. The van der Waals surface area contributed by atoms with Crippen molar-refractivity contribution < 1.29 is 9.18 Å². The Balaban J connectivity index is 2.19. The number of nitrogens with zero attached hydrogens (tertiary/aromatic N) is 1. The number of pyridine rings is 1. The van der Waals surface area contributed by atoms with E-state index in [0.717, 1.165) is 4.47 Å². The second-order valence-corrected chi connectivity index (χ2v) is 5.79. The molecule has 0 unspecified atom stereocenters. The largest absolute Gasteiger partial charge is 0.396 e. The summed E-state index contributed by atoms with van der Waals surface area (Å²) < 4.78 is 14.8. The number of carbonyl (C=O) groups excluding carboxylic acids is 1. The molecule has 3 rings (SSSR count). The molecule has 21 heavy (non-hydrogen) atoms. The minimum absolute atomic E-state index is 0.162. The highest BCUT2D eigenvalue weighted by Crippen LogP contribution is 2.27. The molecule has 2 heterocycles. The van der Waals surface area contributed by atoms with Crippen LogP contribution in [0.15, 0.2) is 35.1 Å². The van der Waals surface area contributed by atoms with Crippen LogP contribution in [-0.2, 0) is 0 Å². The van der Waals surface area contributed by atoms with E-state index in [1.807, 2.05) is 0 Å². The van der Waals surface area contributed by atoms with E-state index >= 15 is 0 Å². The number of hydrogen-bond acceptors (Lipinski definition) is 3. The summed E-state index contributed by atoms with van der Waals surface area (Å²) in [5, 5.41) is 0.795. The van der Waals surface area contributed by atoms with Crippen LogP contribution in [0.3, 0.4) is 0 Å². The van der Waals surface area contributed by atoms with Crippen LogP contribution in [0.25, 0.3) is 11.0 Å². The van der Waals surface area contributed by atoms with Gasteiger partial charge >= 0.3 is 0 Å². The Morgan fingerprint density at radius 3 is 2.86 bits per heavy atom. The van der Waals surface area contributed by atoms with Gasteiger partial charge in [0.2, 0.25) is 0 Å². The SMILES string of the molecule is Nc1cc(Cl)cc(C(=O)c2c[nH]c3ncc(Br)cc23)c1F. The molecule has 3 aromatic rings. The summed E-state index contributed by atoms with van der Waals surface area (Å²) in [6.07, 6.45) is 3.09. The van der Waals surface area contributed by atoms with Gasteiger partial charge in [-0.15, -0.1) is 0 Å². The van der Waals surface area contributed by atoms with Gasteiger partial charge in [-0.05, 0) is 34.1 Å². The quantitative estimate of drug-likeness (QED) is 0.532. The number of nitrogens with two attached hydrogens (primary N) is 1. The smallest absolute Gasteiger partial charge is 0.198 e. The van der Waals surface area contributed by atoms with E-state index in [0.29, 0.717) is 16.6 Å². The third-order valence-electron chi connectivity index (χ3n) is 3.05. The Hall–Kier alpha value is -1.92. The third kappa shape index (κ3) is 2.41. The van der Waals surface area contributed by atoms with Gasteiger partial charge in [0.05, 0.1) is 11.3 Å². The molecular formula is C14H8BrClFN3O. The first kappa shape index (κ1) is 14.0. The average molecular weight is 369 g/mol. The number of rotatable bonds is 2. The maximum Gasteiger partial charge on any atom is 0.198 e. The minimum atomic E-state index is -0.776. The van der Waals surface area contributed by atoms with Crippen molar-refractivity contribution in [2.45, 2.75) is 0 Å². The Kier molecular flexibility index (Phi) is 3.43. The number of ketones is 1. The number of H-pyrrole nitrogens is 1. The van der Waals surface area contributed by atoms with Gasteiger partial charge in [0.1, 0.15) is 5.65 Å². The molecule has 0 saturated carbocycles. The van der Waals surface area contributed by atoms with Crippen molar-refractivity contribution >= 4 is 50.0 Å². The second kappa shape index (κ2) is 5.13. The molecule has 3 N–H and O–H groups in total. The molecule has 2 aromatic heterocycles. The predicted octanol–water partition coefficient (Wildman–Crippen LogP) is 3.93. The molecule has 7 heteroatoms. The van der Waals surface area contributed by atoms with E-state index < -0.39 is 11.6 Å². The number of halogens is 3.